The first-order chi connectivity index (χ1) is 15.0. The van der Waals surface area contributed by atoms with E-state index in [1.165, 1.54) is 9.18 Å². The van der Waals surface area contributed by atoms with Crippen LogP contribution in [0.15, 0.2) is 48.8 Å². The van der Waals surface area contributed by atoms with Crippen molar-refractivity contribution < 1.29 is 13.2 Å². The minimum Gasteiger partial charge on any atom is -0.351 e. The Kier molecular flexibility index (Phi) is 5.58. The lowest BCUT2D eigenvalue weighted by atomic mass is 10.1. The first kappa shape index (κ1) is 20.7. The third-order valence-electron chi connectivity index (χ3n) is 5.69. The molecule has 5 rings (SSSR count). The van der Waals surface area contributed by atoms with Gasteiger partial charge >= 0.3 is 0 Å². The highest BCUT2D eigenvalue weighted by Gasteiger charge is 2.30. The lowest BCUT2D eigenvalue weighted by Crippen LogP contribution is -2.37. The molecule has 0 aliphatic carbocycles. The van der Waals surface area contributed by atoms with E-state index in [0.717, 1.165) is 46.2 Å². The molecule has 0 spiro atoms. The van der Waals surface area contributed by atoms with Gasteiger partial charge in [-0.3, -0.25) is 9.10 Å². The number of thioether (sulfide) groups is 1. The van der Waals surface area contributed by atoms with Gasteiger partial charge in [0.1, 0.15) is 5.00 Å². The first-order valence-corrected chi connectivity index (χ1v) is 13.8. The minimum absolute atomic E-state index is 0.0876. The summed E-state index contributed by atoms with van der Waals surface area (Å²) in [4.78, 5) is 14.4. The molecular weight excluding hydrogens is 450 g/mol. The minimum atomic E-state index is -3.50. The number of para-hydroxylation sites is 1. The Bertz CT molecular complexity index is 1220. The molecule has 0 saturated carbocycles. The number of nitrogens with zero attached hydrogens (tertiary/aromatic N) is 2. The number of carbonyl (C=O) groups excluding carboxylic acids is 1. The molecule has 1 aromatic carbocycles. The number of sulfonamides is 1. The molecule has 162 valence electrons. The monoisotopic (exact) mass is 473 g/mol. The van der Waals surface area contributed by atoms with Gasteiger partial charge in [0, 0.05) is 36.1 Å². The molecule has 1 amide bonds. The molecule has 0 radical (unpaired) electrons. The third-order valence-corrected chi connectivity index (χ3v) is 9.88. The summed E-state index contributed by atoms with van der Waals surface area (Å²) in [6.45, 7) is 0.549. The summed E-state index contributed by atoms with van der Waals surface area (Å²) in [5, 5.41) is 3.79. The standard InChI is InChI=1S/C22H23N3O3S3/c26-21(20-17-8-13-29-15-19(17)30-22(20)24-10-3-4-11-24)23-9-14-31(27,28)25-12-7-16-5-1-2-6-18(16)25/h1-6,10-11H,7-9,12-15H2,(H,23,26). The molecule has 0 saturated heterocycles. The number of aromatic nitrogens is 1. The number of hydrogen-bond acceptors (Lipinski definition) is 5. The number of benzene rings is 1. The number of fused-ring (bicyclic) bond motifs is 2. The van der Waals surface area contributed by atoms with Gasteiger partial charge in [-0.15, -0.1) is 11.3 Å². The van der Waals surface area contributed by atoms with E-state index in [4.69, 9.17) is 0 Å². The SMILES string of the molecule is O=C(NCCS(=O)(=O)N1CCc2ccccc21)c1c(-n2cccc2)sc2c1CCSC2. The van der Waals surface area contributed by atoms with E-state index in [9.17, 15) is 13.2 Å². The molecule has 6 nitrogen and oxygen atoms in total. The molecule has 0 atom stereocenters. The van der Waals surface area contributed by atoms with Crippen LogP contribution in [0.4, 0.5) is 5.69 Å². The van der Waals surface area contributed by atoms with E-state index in [0.29, 0.717) is 12.1 Å². The number of rotatable bonds is 6. The Hall–Kier alpha value is -2.23. The molecule has 2 aromatic heterocycles. The maximum absolute atomic E-state index is 13.2. The lowest BCUT2D eigenvalue weighted by Gasteiger charge is -2.19. The molecule has 31 heavy (non-hydrogen) atoms. The summed E-state index contributed by atoms with van der Waals surface area (Å²) >= 11 is 3.54. The van der Waals surface area contributed by atoms with Crippen LogP contribution >= 0.6 is 23.1 Å². The smallest absolute Gasteiger partial charge is 0.254 e. The highest BCUT2D eigenvalue weighted by molar-refractivity contribution is 7.98. The Morgan fingerprint density at radius 3 is 2.74 bits per heavy atom. The van der Waals surface area contributed by atoms with Crippen LogP contribution in [0.1, 0.15) is 26.4 Å². The van der Waals surface area contributed by atoms with E-state index in [-0.39, 0.29) is 18.2 Å². The van der Waals surface area contributed by atoms with Crippen molar-refractivity contribution in [3.05, 3.63) is 70.4 Å². The fraction of sp³-hybridized carbons (Fsp3) is 0.318. The molecule has 0 fully saturated rings. The van der Waals surface area contributed by atoms with Crippen molar-refractivity contribution >= 4 is 44.7 Å². The lowest BCUT2D eigenvalue weighted by molar-refractivity contribution is 0.0955. The van der Waals surface area contributed by atoms with E-state index in [1.54, 1.807) is 11.3 Å². The van der Waals surface area contributed by atoms with Crippen molar-refractivity contribution in [2.75, 3.05) is 28.9 Å². The second-order valence-electron chi connectivity index (χ2n) is 7.60. The van der Waals surface area contributed by atoms with Crippen LogP contribution < -0.4 is 9.62 Å². The third kappa shape index (κ3) is 3.90. The van der Waals surface area contributed by atoms with E-state index >= 15 is 0 Å². The van der Waals surface area contributed by atoms with Gasteiger partial charge in [0.25, 0.3) is 5.91 Å². The van der Waals surface area contributed by atoms with Crippen LogP contribution in [-0.2, 0) is 28.6 Å². The van der Waals surface area contributed by atoms with Gasteiger partial charge in [-0.2, -0.15) is 11.8 Å². The summed E-state index contributed by atoms with van der Waals surface area (Å²) in [6.07, 6.45) is 5.47. The number of thiophene rings is 1. The van der Waals surface area contributed by atoms with Gasteiger partial charge in [-0.25, -0.2) is 8.42 Å². The predicted octanol–water partition coefficient (Wildman–Crippen LogP) is 3.45. The summed E-state index contributed by atoms with van der Waals surface area (Å²) < 4.78 is 29.3. The zero-order chi connectivity index (χ0) is 21.4. The Morgan fingerprint density at radius 2 is 1.90 bits per heavy atom. The van der Waals surface area contributed by atoms with Crippen molar-refractivity contribution in [1.29, 1.82) is 0 Å². The summed E-state index contributed by atoms with van der Waals surface area (Å²) in [5.74, 6) is 1.61. The normalized spacial score (nSPS) is 15.5. The Morgan fingerprint density at radius 1 is 1.10 bits per heavy atom. The largest absolute Gasteiger partial charge is 0.351 e. The molecule has 0 bridgehead atoms. The van der Waals surface area contributed by atoms with Crippen LogP contribution in [0.5, 0.6) is 0 Å². The predicted molar refractivity (Wildman–Crippen MR) is 127 cm³/mol. The maximum atomic E-state index is 13.2. The van der Waals surface area contributed by atoms with Crippen LogP contribution in [-0.4, -0.2) is 43.5 Å². The molecule has 2 aliphatic rings. The van der Waals surface area contributed by atoms with Crippen molar-refractivity contribution in [1.82, 2.24) is 9.88 Å². The molecule has 1 N–H and O–H groups in total. The summed E-state index contributed by atoms with van der Waals surface area (Å²) in [7, 11) is -3.50. The van der Waals surface area contributed by atoms with Crippen molar-refractivity contribution in [3.8, 4) is 5.00 Å². The molecule has 2 aliphatic heterocycles. The number of hydrogen-bond donors (Lipinski definition) is 1. The fourth-order valence-corrected chi connectivity index (χ4v) is 8.06. The van der Waals surface area contributed by atoms with E-state index in [1.807, 2.05) is 65.1 Å². The van der Waals surface area contributed by atoms with Gasteiger partial charge in [0.05, 0.1) is 17.0 Å². The van der Waals surface area contributed by atoms with Gasteiger partial charge in [0.15, 0.2) is 0 Å². The van der Waals surface area contributed by atoms with Gasteiger partial charge in [-0.1, -0.05) is 18.2 Å². The zero-order valence-electron chi connectivity index (χ0n) is 16.9. The van der Waals surface area contributed by atoms with Crippen LogP contribution in [0, 0.1) is 0 Å². The molecular formula is C22H23N3O3S3. The Balaban J connectivity index is 1.32. The van der Waals surface area contributed by atoms with Crippen molar-refractivity contribution in [2.24, 2.45) is 0 Å². The molecule has 4 heterocycles. The molecule has 0 unspecified atom stereocenters. The number of amides is 1. The van der Waals surface area contributed by atoms with E-state index in [2.05, 4.69) is 5.32 Å². The number of carbonyl (C=O) groups is 1. The van der Waals surface area contributed by atoms with Crippen LogP contribution in [0.3, 0.4) is 0 Å². The maximum Gasteiger partial charge on any atom is 0.254 e. The highest BCUT2D eigenvalue weighted by Crippen LogP contribution is 2.38. The number of nitrogens with one attached hydrogen (secondary N) is 1. The van der Waals surface area contributed by atoms with Crippen LogP contribution in [0.2, 0.25) is 0 Å². The van der Waals surface area contributed by atoms with Gasteiger partial charge < -0.3 is 9.88 Å². The van der Waals surface area contributed by atoms with Gasteiger partial charge in [-0.05, 0) is 47.9 Å². The van der Waals surface area contributed by atoms with Crippen LogP contribution in [0.25, 0.3) is 5.00 Å². The van der Waals surface area contributed by atoms with Gasteiger partial charge in [0.2, 0.25) is 10.0 Å². The Labute approximate surface area is 190 Å². The summed E-state index contributed by atoms with van der Waals surface area (Å²) in [5.41, 5.74) is 3.61. The first-order valence-electron chi connectivity index (χ1n) is 10.3. The summed E-state index contributed by atoms with van der Waals surface area (Å²) in [6, 6.07) is 11.5. The second-order valence-corrected chi connectivity index (χ2v) is 11.8. The van der Waals surface area contributed by atoms with Crippen molar-refractivity contribution in [3.63, 3.8) is 0 Å². The molecule has 3 aromatic rings. The fourth-order valence-electron chi connectivity index (χ4n) is 4.19. The number of anilines is 1. The van der Waals surface area contributed by atoms with E-state index < -0.39 is 10.0 Å². The average molecular weight is 474 g/mol. The van der Waals surface area contributed by atoms with Crippen molar-refractivity contribution in [2.45, 2.75) is 18.6 Å². The highest BCUT2D eigenvalue weighted by atomic mass is 32.2. The quantitative estimate of drug-likeness (QED) is 0.595. The average Bonchev–Trinajstić information content (AvgIpc) is 3.51. The zero-order valence-corrected chi connectivity index (χ0v) is 19.4. The second kappa shape index (κ2) is 8.37. The molecule has 9 heteroatoms. The topological polar surface area (TPSA) is 71.4 Å².